The first-order valence-electron chi connectivity index (χ1n) is 9.78. The highest BCUT2D eigenvalue weighted by Gasteiger charge is 2.43. The Morgan fingerprint density at radius 1 is 1.04 bits per heavy atom. The largest absolute Gasteiger partial charge is 0.390 e. The predicted octanol–water partition coefficient (Wildman–Crippen LogP) is 4.36. The van der Waals surface area contributed by atoms with Crippen molar-refractivity contribution >= 4 is 0 Å². The summed E-state index contributed by atoms with van der Waals surface area (Å²) in [5.74, 6) is 2.34. The van der Waals surface area contributed by atoms with Gasteiger partial charge in [0, 0.05) is 5.92 Å². The summed E-state index contributed by atoms with van der Waals surface area (Å²) in [5.41, 5.74) is -0.449. The Morgan fingerprint density at radius 3 is 2.04 bits per heavy atom. The second-order valence-corrected chi connectivity index (χ2v) is 9.11. The number of rotatable bonds is 7. The lowest BCUT2D eigenvalue weighted by atomic mass is 9.64. The van der Waals surface area contributed by atoms with E-state index >= 15 is 0 Å². The topological polar surface area (TPSA) is 49.7 Å². The zero-order valence-electron chi connectivity index (χ0n) is 15.8. The van der Waals surface area contributed by atoms with Crippen LogP contribution in [0.25, 0.3) is 0 Å². The van der Waals surface area contributed by atoms with Crippen molar-refractivity contribution in [2.24, 2.45) is 29.6 Å². The highest BCUT2D eigenvalue weighted by molar-refractivity contribution is 4.94. The molecule has 3 heteroatoms. The maximum Gasteiger partial charge on any atom is 0.157 e. The maximum absolute atomic E-state index is 10.6. The summed E-state index contributed by atoms with van der Waals surface area (Å²) in [6.45, 7) is 10.9. The van der Waals surface area contributed by atoms with Crippen molar-refractivity contribution in [1.82, 2.24) is 0 Å². The average Bonchev–Trinajstić information content (AvgIpc) is 2.43. The summed E-state index contributed by atoms with van der Waals surface area (Å²) in [7, 11) is 0. The molecule has 4 atom stereocenters. The van der Waals surface area contributed by atoms with Crippen LogP contribution in [0.1, 0.15) is 79.6 Å². The number of ether oxygens (including phenoxy) is 1. The number of aliphatic hydroxyl groups excluding tert-OH is 1. The molecule has 0 aromatic heterocycles. The Kier molecular flexibility index (Phi) is 6.55. The monoisotopic (exact) mass is 326 g/mol. The van der Waals surface area contributed by atoms with Crippen LogP contribution in [0, 0.1) is 29.6 Å². The first-order chi connectivity index (χ1) is 10.7. The van der Waals surface area contributed by atoms with E-state index in [2.05, 4.69) is 34.6 Å². The standard InChI is InChI=1S/C20H38O3/c1-6-20(22)11-15-8-16(12-20)10-17(9-15)23-19(21)18(14(4)5)7-13(2)3/h13-19,21-22H,6-12H2,1-5H3. The Balaban J connectivity index is 1.91. The second-order valence-electron chi connectivity index (χ2n) is 9.11. The summed E-state index contributed by atoms with van der Waals surface area (Å²) < 4.78 is 6.13. The van der Waals surface area contributed by atoms with Crippen LogP contribution < -0.4 is 0 Å². The van der Waals surface area contributed by atoms with Crippen molar-refractivity contribution in [1.29, 1.82) is 0 Å². The van der Waals surface area contributed by atoms with Gasteiger partial charge < -0.3 is 14.9 Å². The van der Waals surface area contributed by atoms with Gasteiger partial charge in [0.15, 0.2) is 6.29 Å². The van der Waals surface area contributed by atoms with Crippen LogP contribution >= 0.6 is 0 Å². The molecular formula is C20H38O3. The first kappa shape index (κ1) is 19.2. The van der Waals surface area contributed by atoms with Gasteiger partial charge in [0.1, 0.15) is 0 Å². The fraction of sp³-hybridized carbons (Fsp3) is 1.00. The molecule has 0 aromatic rings. The van der Waals surface area contributed by atoms with Crippen molar-refractivity contribution in [2.45, 2.75) is 97.6 Å². The van der Waals surface area contributed by atoms with E-state index in [9.17, 15) is 10.2 Å². The lowest BCUT2D eigenvalue weighted by molar-refractivity contribution is -0.198. The van der Waals surface area contributed by atoms with Crippen LogP contribution in [0.5, 0.6) is 0 Å². The highest BCUT2D eigenvalue weighted by atomic mass is 16.6. The van der Waals surface area contributed by atoms with Gasteiger partial charge in [-0.15, -0.1) is 0 Å². The number of fused-ring (bicyclic) bond motifs is 2. The average molecular weight is 327 g/mol. The van der Waals surface area contributed by atoms with Crippen molar-refractivity contribution < 1.29 is 14.9 Å². The molecule has 2 rings (SSSR count). The molecule has 4 unspecified atom stereocenters. The van der Waals surface area contributed by atoms with Gasteiger partial charge in [0.25, 0.3) is 0 Å². The first-order valence-corrected chi connectivity index (χ1v) is 9.78. The molecule has 0 aromatic carbocycles. The molecule has 0 heterocycles. The molecule has 0 spiro atoms. The van der Waals surface area contributed by atoms with Crippen molar-refractivity contribution in [3.8, 4) is 0 Å². The molecule has 2 N–H and O–H groups in total. The van der Waals surface area contributed by atoms with E-state index in [0.717, 1.165) is 38.5 Å². The van der Waals surface area contributed by atoms with Crippen molar-refractivity contribution in [2.75, 3.05) is 0 Å². The molecular weight excluding hydrogens is 288 g/mol. The van der Waals surface area contributed by atoms with E-state index < -0.39 is 11.9 Å². The molecule has 2 aliphatic rings. The Morgan fingerprint density at radius 2 is 1.61 bits per heavy atom. The van der Waals surface area contributed by atoms with Crippen LogP contribution in [0.15, 0.2) is 0 Å². The Bertz CT molecular complexity index is 352. The fourth-order valence-electron chi connectivity index (χ4n) is 4.96. The molecule has 23 heavy (non-hydrogen) atoms. The van der Waals surface area contributed by atoms with Gasteiger partial charge >= 0.3 is 0 Å². The van der Waals surface area contributed by atoms with E-state index in [1.807, 2.05) is 0 Å². The number of hydrogen-bond acceptors (Lipinski definition) is 3. The summed E-state index contributed by atoms with van der Waals surface area (Å²) >= 11 is 0. The molecule has 136 valence electrons. The molecule has 3 nitrogen and oxygen atoms in total. The van der Waals surface area contributed by atoms with Crippen LogP contribution in [-0.2, 0) is 4.74 Å². The highest BCUT2D eigenvalue weighted by Crippen LogP contribution is 2.46. The minimum absolute atomic E-state index is 0.170. The van der Waals surface area contributed by atoms with Gasteiger partial charge in [0.05, 0.1) is 11.7 Å². The van der Waals surface area contributed by atoms with Gasteiger partial charge in [-0.25, -0.2) is 0 Å². The third kappa shape index (κ3) is 5.17. The minimum atomic E-state index is -0.647. The molecule has 2 bridgehead atoms. The summed E-state index contributed by atoms with van der Waals surface area (Å²) in [6, 6.07) is 0. The SMILES string of the molecule is CCC1(O)CC2CC(CC(OC(O)C(CC(C)C)C(C)C)C2)C1. The molecule has 0 aliphatic heterocycles. The fourth-order valence-corrected chi connectivity index (χ4v) is 4.96. The summed E-state index contributed by atoms with van der Waals surface area (Å²) in [5, 5.41) is 21.2. The summed E-state index contributed by atoms with van der Waals surface area (Å²) in [4.78, 5) is 0. The zero-order chi connectivity index (χ0) is 17.2. The van der Waals surface area contributed by atoms with Crippen LogP contribution in [0.2, 0.25) is 0 Å². The lowest BCUT2D eigenvalue weighted by Crippen LogP contribution is -2.45. The van der Waals surface area contributed by atoms with Gasteiger partial charge in [-0.2, -0.15) is 0 Å². The quantitative estimate of drug-likeness (QED) is 0.683. The third-order valence-corrected chi connectivity index (χ3v) is 6.15. The second kappa shape index (κ2) is 7.84. The van der Waals surface area contributed by atoms with Gasteiger partial charge in [-0.05, 0) is 68.6 Å². The van der Waals surface area contributed by atoms with E-state index in [0.29, 0.717) is 23.7 Å². The molecule has 2 saturated carbocycles. The van der Waals surface area contributed by atoms with Gasteiger partial charge in [-0.3, -0.25) is 0 Å². The molecule has 0 amide bonds. The number of aliphatic hydroxyl groups is 2. The molecule has 2 fully saturated rings. The molecule has 2 aliphatic carbocycles. The van der Waals surface area contributed by atoms with E-state index in [1.165, 1.54) is 6.42 Å². The van der Waals surface area contributed by atoms with Gasteiger partial charge in [-0.1, -0.05) is 34.6 Å². The van der Waals surface area contributed by atoms with E-state index in [1.54, 1.807) is 0 Å². The van der Waals surface area contributed by atoms with Crippen LogP contribution in [0.4, 0.5) is 0 Å². The maximum atomic E-state index is 10.6. The van der Waals surface area contributed by atoms with Crippen LogP contribution in [0.3, 0.4) is 0 Å². The molecule has 0 saturated heterocycles. The van der Waals surface area contributed by atoms with Crippen LogP contribution in [-0.4, -0.2) is 28.2 Å². The normalized spacial score (nSPS) is 37.2. The van der Waals surface area contributed by atoms with Crippen molar-refractivity contribution in [3.63, 3.8) is 0 Å². The Labute approximate surface area is 142 Å². The van der Waals surface area contributed by atoms with Crippen molar-refractivity contribution in [3.05, 3.63) is 0 Å². The smallest absolute Gasteiger partial charge is 0.157 e. The number of hydrogen-bond donors (Lipinski definition) is 2. The minimum Gasteiger partial charge on any atom is -0.390 e. The zero-order valence-corrected chi connectivity index (χ0v) is 15.8. The van der Waals surface area contributed by atoms with E-state index in [-0.39, 0.29) is 12.0 Å². The Hall–Kier alpha value is -0.120. The lowest BCUT2D eigenvalue weighted by Gasteiger charge is -2.47. The van der Waals surface area contributed by atoms with Gasteiger partial charge in [0.2, 0.25) is 0 Å². The van der Waals surface area contributed by atoms with E-state index in [4.69, 9.17) is 4.74 Å². The summed E-state index contributed by atoms with van der Waals surface area (Å²) in [6.07, 6.45) is 6.45. The molecule has 0 radical (unpaired) electrons. The third-order valence-electron chi connectivity index (χ3n) is 6.15. The predicted molar refractivity (Wildman–Crippen MR) is 94.0 cm³/mol.